The van der Waals surface area contributed by atoms with Crippen molar-refractivity contribution in [1.29, 1.82) is 0 Å². The maximum absolute atomic E-state index is 12.4. The molecule has 3 nitrogen and oxygen atoms in total. The SMILES string of the molecule is O=S(=O)(c1ccc(Br)cc1)N1CC1c1ccc(Cl)cc1. The van der Waals surface area contributed by atoms with Gasteiger partial charge in [-0.25, -0.2) is 8.42 Å². The number of hydrogen-bond donors (Lipinski definition) is 0. The molecule has 0 spiro atoms. The van der Waals surface area contributed by atoms with E-state index < -0.39 is 10.0 Å². The summed E-state index contributed by atoms with van der Waals surface area (Å²) in [6, 6.07) is 13.9. The van der Waals surface area contributed by atoms with Gasteiger partial charge in [-0.05, 0) is 42.0 Å². The fraction of sp³-hybridized carbons (Fsp3) is 0.143. The molecular formula is C14H11BrClNO2S. The van der Waals surface area contributed by atoms with Crippen LogP contribution in [-0.2, 0) is 10.0 Å². The smallest absolute Gasteiger partial charge is 0.207 e. The van der Waals surface area contributed by atoms with Gasteiger partial charge in [-0.2, -0.15) is 4.31 Å². The molecule has 0 radical (unpaired) electrons. The van der Waals surface area contributed by atoms with Gasteiger partial charge in [0, 0.05) is 16.0 Å². The number of benzene rings is 2. The molecule has 20 heavy (non-hydrogen) atoms. The second-order valence-electron chi connectivity index (χ2n) is 4.60. The van der Waals surface area contributed by atoms with Crippen molar-refractivity contribution in [2.24, 2.45) is 0 Å². The van der Waals surface area contributed by atoms with Crippen LogP contribution in [0.2, 0.25) is 5.02 Å². The van der Waals surface area contributed by atoms with Gasteiger partial charge in [0.2, 0.25) is 10.0 Å². The first-order valence-corrected chi connectivity index (χ1v) is 8.62. The highest BCUT2D eigenvalue weighted by molar-refractivity contribution is 9.10. The van der Waals surface area contributed by atoms with Crippen molar-refractivity contribution in [1.82, 2.24) is 4.31 Å². The Balaban J connectivity index is 1.84. The van der Waals surface area contributed by atoms with Gasteiger partial charge in [0.1, 0.15) is 0 Å². The Morgan fingerprint density at radius 3 is 2.25 bits per heavy atom. The van der Waals surface area contributed by atoms with E-state index in [-0.39, 0.29) is 6.04 Å². The molecule has 104 valence electrons. The van der Waals surface area contributed by atoms with Gasteiger partial charge < -0.3 is 0 Å². The van der Waals surface area contributed by atoms with E-state index in [1.165, 1.54) is 4.31 Å². The maximum Gasteiger partial charge on any atom is 0.243 e. The zero-order valence-electron chi connectivity index (χ0n) is 10.3. The van der Waals surface area contributed by atoms with Gasteiger partial charge in [-0.1, -0.05) is 39.7 Å². The Morgan fingerprint density at radius 1 is 1.05 bits per heavy atom. The summed E-state index contributed by atoms with van der Waals surface area (Å²) in [4.78, 5) is 0.317. The average Bonchev–Trinajstić information content (AvgIpc) is 3.21. The Hall–Kier alpha value is -0.880. The molecule has 0 aliphatic carbocycles. The summed E-state index contributed by atoms with van der Waals surface area (Å²) in [5, 5.41) is 0.650. The van der Waals surface area contributed by atoms with Crippen molar-refractivity contribution < 1.29 is 8.42 Å². The Bertz CT molecular complexity index is 729. The molecule has 0 amide bonds. The van der Waals surface area contributed by atoms with Crippen LogP contribution < -0.4 is 0 Å². The van der Waals surface area contributed by atoms with E-state index in [1.54, 1.807) is 36.4 Å². The summed E-state index contributed by atoms with van der Waals surface area (Å²) in [5.74, 6) is 0. The molecule has 0 aromatic heterocycles. The molecule has 0 bridgehead atoms. The zero-order chi connectivity index (χ0) is 14.3. The fourth-order valence-corrected chi connectivity index (χ4v) is 4.02. The summed E-state index contributed by atoms with van der Waals surface area (Å²) in [5.41, 5.74) is 0.968. The molecular weight excluding hydrogens is 362 g/mol. The van der Waals surface area contributed by atoms with Gasteiger partial charge >= 0.3 is 0 Å². The van der Waals surface area contributed by atoms with Crippen molar-refractivity contribution >= 4 is 37.6 Å². The second-order valence-corrected chi connectivity index (χ2v) is 7.84. The predicted octanol–water partition coefficient (Wildman–Crippen LogP) is 3.85. The van der Waals surface area contributed by atoms with Crippen LogP contribution in [0.3, 0.4) is 0 Å². The summed E-state index contributed by atoms with van der Waals surface area (Å²) < 4.78 is 27.2. The van der Waals surface area contributed by atoms with Gasteiger partial charge in [0.25, 0.3) is 0 Å². The van der Waals surface area contributed by atoms with Crippen molar-refractivity contribution in [2.75, 3.05) is 6.54 Å². The lowest BCUT2D eigenvalue weighted by atomic mass is 10.2. The first kappa shape index (κ1) is 14.1. The summed E-state index contributed by atoms with van der Waals surface area (Å²) >= 11 is 9.14. The van der Waals surface area contributed by atoms with Crippen LogP contribution in [0.5, 0.6) is 0 Å². The molecule has 0 saturated carbocycles. The predicted molar refractivity (Wildman–Crippen MR) is 82.2 cm³/mol. The molecule has 0 N–H and O–H groups in total. The molecule has 1 aliphatic heterocycles. The molecule has 6 heteroatoms. The lowest BCUT2D eigenvalue weighted by Gasteiger charge is -2.06. The van der Waals surface area contributed by atoms with Crippen molar-refractivity contribution in [3.05, 3.63) is 63.6 Å². The average molecular weight is 373 g/mol. The van der Waals surface area contributed by atoms with Crippen molar-refractivity contribution in [2.45, 2.75) is 10.9 Å². The molecule has 2 unspecified atom stereocenters. The number of nitrogens with zero attached hydrogens (tertiary/aromatic N) is 1. The highest BCUT2D eigenvalue weighted by atomic mass is 79.9. The lowest BCUT2D eigenvalue weighted by Crippen LogP contribution is -2.12. The van der Waals surface area contributed by atoms with Crippen LogP contribution in [0.25, 0.3) is 0 Å². The lowest BCUT2D eigenvalue weighted by molar-refractivity contribution is 0.554. The van der Waals surface area contributed by atoms with Crippen LogP contribution in [0, 0.1) is 0 Å². The standard InChI is InChI=1S/C14H11BrClNO2S/c15-11-3-7-13(8-4-11)20(18,19)17-9-14(17)10-1-5-12(16)6-2-10/h1-8,14H,9H2. The molecule has 1 heterocycles. The molecule has 2 aromatic rings. The summed E-state index contributed by atoms with van der Waals surface area (Å²) in [6.45, 7) is 0.514. The first-order chi connectivity index (χ1) is 9.48. The molecule has 1 aliphatic rings. The Labute approximate surface area is 131 Å². The van der Waals surface area contributed by atoms with Gasteiger partial charge in [0.05, 0.1) is 10.9 Å². The van der Waals surface area contributed by atoms with Gasteiger partial charge in [0.15, 0.2) is 0 Å². The Morgan fingerprint density at radius 2 is 1.65 bits per heavy atom. The highest BCUT2D eigenvalue weighted by Crippen LogP contribution is 2.40. The number of sulfonamides is 1. The molecule has 2 atom stereocenters. The summed E-state index contributed by atoms with van der Waals surface area (Å²) in [7, 11) is -3.41. The van der Waals surface area contributed by atoms with E-state index in [0.29, 0.717) is 16.5 Å². The third kappa shape index (κ3) is 2.63. The number of halogens is 2. The third-order valence-electron chi connectivity index (χ3n) is 3.24. The minimum atomic E-state index is -3.41. The van der Waals surface area contributed by atoms with E-state index in [2.05, 4.69) is 15.9 Å². The first-order valence-electron chi connectivity index (χ1n) is 6.01. The van der Waals surface area contributed by atoms with Crippen LogP contribution >= 0.6 is 27.5 Å². The minimum absolute atomic E-state index is 0.0825. The van der Waals surface area contributed by atoms with Crippen LogP contribution in [0.4, 0.5) is 0 Å². The third-order valence-corrected chi connectivity index (χ3v) is 5.91. The largest absolute Gasteiger partial charge is 0.243 e. The molecule has 1 fully saturated rings. The van der Waals surface area contributed by atoms with Crippen LogP contribution in [0.1, 0.15) is 11.6 Å². The molecule has 1 saturated heterocycles. The summed E-state index contributed by atoms with van der Waals surface area (Å²) in [6.07, 6.45) is 0. The van der Waals surface area contributed by atoms with Gasteiger partial charge in [-0.3, -0.25) is 0 Å². The van der Waals surface area contributed by atoms with Crippen LogP contribution in [-0.4, -0.2) is 19.3 Å². The van der Waals surface area contributed by atoms with Crippen molar-refractivity contribution in [3.63, 3.8) is 0 Å². The van der Waals surface area contributed by atoms with Gasteiger partial charge in [-0.15, -0.1) is 0 Å². The molecule has 3 rings (SSSR count). The molecule has 2 aromatic carbocycles. The normalized spacial score (nSPS) is 21.7. The van der Waals surface area contributed by atoms with Crippen LogP contribution in [0.15, 0.2) is 57.9 Å². The fourth-order valence-electron chi connectivity index (χ4n) is 2.09. The zero-order valence-corrected chi connectivity index (χ0v) is 13.5. The minimum Gasteiger partial charge on any atom is -0.207 e. The number of rotatable bonds is 3. The van der Waals surface area contributed by atoms with E-state index in [9.17, 15) is 8.42 Å². The Kier molecular flexibility index (Phi) is 3.62. The maximum atomic E-state index is 12.4. The van der Waals surface area contributed by atoms with Crippen molar-refractivity contribution in [3.8, 4) is 0 Å². The van der Waals surface area contributed by atoms with E-state index in [4.69, 9.17) is 11.6 Å². The topological polar surface area (TPSA) is 37.1 Å². The quantitative estimate of drug-likeness (QED) is 0.768. The second kappa shape index (κ2) is 5.15. The highest BCUT2D eigenvalue weighted by Gasteiger charge is 2.45. The van der Waals surface area contributed by atoms with E-state index >= 15 is 0 Å². The number of hydrogen-bond acceptors (Lipinski definition) is 2. The van der Waals surface area contributed by atoms with E-state index in [0.717, 1.165) is 10.0 Å². The monoisotopic (exact) mass is 371 g/mol. The van der Waals surface area contributed by atoms with E-state index in [1.807, 2.05) is 12.1 Å².